The molecule has 0 aliphatic carbocycles. The number of carbonyl (C=O) groups excluding carboxylic acids is 2. The van der Waals surface area contributed by atoms with Crippen molar-refractivity contribution in [1.29, 1.82) is 0 Å². The Morgan fingerprint density at radius 1 is 0.963 bits per heavy atom. The second-order valence-corrected chi connectivity index (χ2v) is 7.04. The van der Waals surface area contributed by atoms with Gasteiger partial charge >= 0.3 is 0 Å². The van der Waals surface area contributed by atoms with Gasteiger partial charge in [0.25, 0.3) is 11.8 Å². The van der Waals surface area contributed by atoms with Crippen molar-refractivity contribution in [2.75, 3.05) is 5.32 Å². The van der Waals surface area contributed by atoms with Crippen LogP contribution < -0.4 is 10.7 Å². The summed E-state index contributed by atoms with van der Waals surface area (Å²) in [7, 11) is 0. The Morgan fingerprint density at radius 3 is 2.41 bits per heavy atom. The molecule has 1 heterocycles. The van der Waals surface area contributed by atoms with Crippen LogP contribution in [0.25, 0.3) is 0 Å². The van der Waals surface area contributed by atoms with E-state index < -0.39 is 0 Å². The van der Waals surface area contributed by atoms with Gasteiger partial charge in [0, 0.05) is 16.3 Å². The summed E-state index contributed by atoms with van der Waals surface area (Å²) in [5, 5.41) is 9.30. The molecule has 0 spiro atoms. The molecule has 0 saturated carbocycles. The van der Waals surface area contributed by atoms with Crippen LogP contribution in [0, 0.1) is 0 Å². The lowest BCUT2D eigenvalue weighted by molar-refractivity contribution is 0.0954. The lowest BCUT2D eigenvalue weighted by atomic mass is 10.1. The number of nitrogens with zero attached hydrogens (tertiary/aromatic N) is 1. The summed E-state index contributed by atoms with van der Waals surface area (Å²) >= 11 is 7.27. The maximum absolute atomic E-state index is 12.1. The molecule has 0 bridgehead atoms. The molecule has 2 aromatic carbocycles. The first kappa shape index (κ1) is 18.8. The highest BCUT2D eigenvalue weighted by Gasteiger charge is 2.08. The Labute approximate surface area is 165 Å². The van der Waals surface area contributed by atoms with Crippen molar-refractivity contribution in [2.24, 2.45) is 5.10 Å². The molecule has 0 atom stereocenters. The monoisotopic (exact) mass is 397 g/mol. The summed E-state index contributed by atoms with van der Waals surface area (Å²) in [5.74, 6) is -0.478. The molecule has 0 fully saturated rings. The topological polar surface area (TPSA) is 70.6 Å². The Bertz CT molecular complexity index is 983. The Morgan fingerprint density at radius 2 is 1.74 bits per heavy atom. The minimum absolute atomic E-state index is 0.142. The summed E-state index contributed by atoms with van der Waals surface area (Å²) in [5.41, 5.74) is 5.10. The molecule has 3 rings (SSSR count). The molecule has 136 valence electrons. The zero-order valence-electron chi connectivity index (χ0n) is 14.4. The first-order valence-corrected chi connectivity index (χ1v) is 9.34. The van der Waals surface area contributed by atoms with Crippen molar-refractivity contribution in [3.63, 3.8) is 0 Å². The minimum Gasteiger partial charge on any atom is -0.321 e. The van der Waals surface area contributed by atoms with Crippen LogP contribution in [0.2, 0.25) is 5.02 Å². The van der Waals surface area contributed by atoms with E-state index >= 15 is 0 Å². The fourth-order valence-corrected chi connectivity index (χ4v) is 3.10. The number of carbonyl (C=O) groups is 2. The van der Waals surface area contributed by atoms with E-state index in [0.29, 0.717) is 26.9 Å². The number of halogens is 1. The summed E-state index contributed by atoms with van der Waals surface area (Å²) < 4.78 is 0. The van der Waals surface area contributed by atoms with Crippen molar-refractivity contribution >= 4 is 46.2 Å². The van der Waals surface area contributed by atoms with E-state index in [-0.39, 0.29) is 11.8 Å². The largest absolute Gasteiger partial charge is 0.321 e. The second-order valence-electron chi connectivity index (χ2n) is 5.66. The first-order chi connectivity index (χ1) is 13.0. The van der Waals surface area contributed by atoms with Gasteiger partial charge in [-0.3, -0.25) is 9.59 Å². The molecule has 0 saturated heterocycles. The maximum atomic E-state index is 12.1. The van der Waals surface area contributed by atoms with E-state index in [1.54, 1.807) is 49.4 Å². The molecule has 1 aromatic heterocycles. The van der Waals surface area contributed by atoms with Crippen molar-refractivity contribution in [1.82, 2.24) is 5.43 Å². The van der Waals surface area contributed by atoms with Gasteiger partial charge in [-0.15, -0.1) is 11.3 Å². The fraction of sp³-hybridized carbons (Fsp3) is 0.0500. The van der Waals surface area contributed by atoms with Crippen LogP contribution in [0.15, 0.2) is 71.1 Å². The number of hydrazone groups is 1. The molecule has 27 heavy (non-hydrogen) atoms. The second kappa shape index (κ2) is 8.62. The zero-order chi connectivity index (χ0) is 19.2. The number of benzene rings is 2. The van der Waals surface area contributed by atoms with E-state index in [2.05, 4.69) is 15.8 Å². The van der Waals surface area contributed by atoms with Gasteiger partial charge in [-0.05, 0) is 54.3 Å². The Kier molecular flexibility index (Phi) is 6.01. The van der Waals surface area contributed by atoms with E-state index in [9.17, 15) is 9.59 Å². The highest BCUT2D eigenvalue weighted by Crippen LogP contribution is 2.15. The molecule has 3 aromatic rings. The molecular formula is C20H16ClN3O2S. The lowest BCUT2D eigenvalue weighted by Gasteiger charge is -2.06. The van der Waals surface area contributed by atoms with E-state index in [1.165, 1.54) is 11.3 Å². The average molecular weight is 398 g/mol. The molecule has 0 unspecified atom stereocenters. The van der Waals surface area contributed by atoms with Gasteiger partial charge in [-0.2, -0.15) is 5.10 Å². The summed E-state index contributed by atoms with van der Waals surface area (Å²) in [6, 6.07) is 17.5. The fourth-order valence-electron chi connectivity index (χ4n) is 2.29. The van der Waals surface area contributed by atoms with Crippen LogP contribution in [0.3, 0.4) is 0 Å². The maximum Gasteiger partial charge on any atom is 0.271 e. The van der Waals surface area contributed by atoms with Gasteiger partial charge in [-0.25, -0.2) is 5.43 Å². The number of amides is 2. The standard InChI is InChI=1S/C20H16ClN3O2S/c1-13(23-24-19(25)15-4-2-5-16(21)12-15)14-7-9-17(10-8-14)22-20(26)18-6-3-11-27-18/h2-12H,1H3,(H,22,26)(H,24,25). The van der Waals surface area contributed by atoms with E-state index in [4.69, 9.17) is 11.6 Å². The Balaban J connectivity index is 1.63. The number of hydrogen-bond donors (Lipinski definition) is 2. The number of thiophene rings is 1. The third-order valence-electron chi connectivity index (χ3n) is 3.72. The molecule has 2 amide bonds. The van der Waals surface area contributed by atoms with Crippen molar-refractivity contribution < 1.29 is 9.59 Å². The molecular weight excluding hydrogens is 382 g/mol. The smallest absolute Gasteiger partial charge is 0.271 e. The number of nitrogens with one attached hydrogen (secondary N) is 2. The van der Waals surface area contributed by atoms with Gasteiger partial charge in [0.1, 0.15) is 0 Å². The molecule has 0 aliphatic heterocycles. The molecule has 5 nitrogen and oxygen atoms in total. The van der Waals surface area contributed by atoms with Crippen LogP contribution in [-0.4, -0.2) is 17.5 Å². The number of hydrogen-bond acceptors (Lipinski definition) is 4. The molecule has 0 radical (unpaired) electrons. The van der Waals surface area contributed by atoms with Crippen molar-refractivity contribution in [3.8, 4) is 0 Å². The first-order valence-electron chi connectivity index (χ1n) is 8.08. The Hall–Kier alpha value is -2.96. The third-order valence-corrected chi connectivity index (χ3v) is 4.82. The van der Waals surface area contributed by atoms with Crippen molar-refractivity contribution in [3.05, 3.63) is 87.1 Å². The van der Waals surface area contributed by atoms with E-state index in [0.717, 1.165) is 5.56 Å². The van der Waals surface area contributed by atoms with Gasteiger partial charge in [0.2, 0.25) is 0 Å². The van der Waals surface area contributed by atoms with Gasteiger partial charge in [-0.1, -0.05) is 35.9 Å². The summed E-state index contributed by atoms with van der Waals surface area (Å²) in [6.07, 6.45) is 0. The minimum atomic E-state index is -0.336. The highest BCUT2D eigenvalue weighted by molar-refractivity contribution is 7.12. The zero-order valence-corrected chi connectivity index (χ0v) is 16.0. The SMILES string of the molecule is CC(=NNC(=O)c1cccc(Cl)c1)c1ccc(NC(=O)c2cccs2)cc1. The van der Waals surface area contributed by atoms with Gasteiger partial charge in [0.05, 0.1) is 10.6 Å². The van der Waals surface area contributed by atoms with Crippen LogP contribution in [-0.2, 0) is 0 Å². The predicted octanol–water partition coefficient (Wildman–Crippen LogP) is 4.81. The van der Waals surface area contributed by atoms with Gasteiger partial charge < -0.3 is 5.32 Å². The molecule has 0 aliphatic rings. The highest BCUT2D eigenvalue weighted by atomic mass is 35.5. The average Bonchev–Trinajstić information content (AvgIpc) is 3.21. The van der Waals surface area contributed by atoms with Crippen LogP contribution >= 0.6 is 22.9 Å². The summed E-state index contributed by atoms with van der Waals surface area (Å²) in [4.78, 5) is 24.8. The molecule has 7 heteroatoms. The van der Waals surface area contributed by atoms with E-state index in [1.807, 2.05) is 23.6 Å². The normalized spacial score (nSPS) is 11.1. The third kappa shape index (κ3) is 5.03. The summed E-state index contributed by atoms with van der Waals surface area (Å²) in [6.45, 7) is 1.79. The lowest BCUT2D eigenvalue weighted by Crippen LogP contribution is -2.19. The van der Waals surface area contributed by atoms with Crippen LogP contribution in [0.1, 0.15) is 32.5 Å². The van der Waals surface area contributed by atoms with Crippen LogP contribution in [0.5, 0.6) is 0 Å². The predicted molar refractivity (Wildman–Crippen MR) is 110 cm³/mol. The van der Waals surface area contributed by atoms with Crippen LogP contribution in [0.4, 0.5) is 5.69 Å². The number of rotatable bonds is 5. The quantitative estimate of drug-likeness (QED) is 0.479. The number of anilines is 1. The van der Waals surface area contributed by atoms with Gasteiger partial charge in [0.15, 0.2) is 0 Å². The molecule has 2 N–H and O–H groups in total. The van der Waals surface area contributed by atoms with Crippen molar-refractivity contribution in [2.45, 2.75) is 6.92 Å².